The highest BCUT2D eigenvalue weighted by Crippen LogP contribution is 2.25. The maximum absolute atomic E-state index is 12.4. The molecule has 1 atom stereocenters. The third-order valence-electron chi connectivity index (χ3n) is 4.33. The van der Waals surface area contributed by atoms with Gasteiger partial charge in [-0.1, -0.05) is 0 Å². The highest BCUT2D eigenvalue weighted by molar-refractivity contribution is 7.92. The Hall–Kier alpha value is -2.25. The fourth-order valence-electron chi connectivity index (χ4n) is 2.86. The number of methoxy groups -OCH3 is 2. The van der Waals surface area contributed by atoms with E-state index in [2.05, 4.69) is 9.62 Å². The average molecular weight is 362 g/mol. The standard InChI is InChI=1S/C18H22N2O4S/c1-23-16-7-9-18(10-8-16)25(21,22)19-14-3-5-15(6-4-14)20-12-11-17(13-20)24-2/h3-10,17,19H,11-13H2,1-2H3. The molecule has 1 unspecified atom stereocenters. The molecule has 3 rings (SSSR count). The lowest BCUT2D eigenvalue weighted by Crippen LogP contribution is -2.22. The summed E-state index contributed by atoms with van der Waals surface area (Å²) in [4.78, 5) is 2.43. The molecule has 7 heteroatoms. The van der Waals surface area contributed by atoms with Crippen molar-refractivity contribution in [3.05, 3.63) is 48.5 Å². The second-order valence-electron chi connectivity index (χ2n) is 5.92. The Morgan fingerprint density at radius 2 is 1.72 bits per heavy atom. The van der Waals surface area contributed by atoms with Crippen LogP contribution in [0.2, 0.25) is 0 Å². The molecule has 0 bridgehead atoms. The summed E-state index contributed by atoms with van der Waals surface area (Å²) in [5.41, 5.74) is 1.59. The molecule has 1 aliphatic heterocycles. The quantitative estimate of drug-likeness (QED) is 0.856. The van der Waals surface area contributed by atoms with Crippen molar-refractivity contribution in [2.75, 3.05) is 36.9 Å². The van der Waals surface area contributed by atoms with Crippen molar-refractivity contribution >= 4 is 21.4 Å². The summed E-state index contributed by atoms with van der Waals surface area (Å²) >= 11 is 0. The summed E-state index contributed by atoms with van der Waals surface area (Å²) in [7, 11) is -0.354. The van der Waals surface area contributed by atoms with Gasteiger partial charge in [-0.25, -0.2) is 8.42 Å². The molecule has 0 radical (unpaired) electrons. The average Bonchev–Trinajstić information content (AvgIpc) is 3.11. The Morgan fingerprint density at radius 1 is 1.04 bits per heavy atom. The molecule has 0 aromatic heterocycles. The normalized spacial score (nSPS) is 17.5. The van der Waals surface area contributed by atoms with Crippen LogP contribution in [0, 0.1) is 0 Å². The van der Waals surface area contributed by atoms with E-state index in [1.54, 1.807) is 38.5 Å². The molecule has 25 heavy (non-hydrogen) atoms. The van der Waals surface area contributed by atoms with Crippen LogP contribution >= 0.6 is 0 Å². The minimum absolute atomic E-state index is 0.194. The van der Waals surface area contributed by atoms with Gasteiger partial charge in [-0.05, 0) is 55.0 Å². The highest BCUT2D eigenvalue weighted by atomic mass is 32.2. The lowest BCUT2D eigenvalue weighted by molar-refractivity contribution is 0.121. The van der Waals surface area contributed by atoms with Crippen molar-refractivity contribution in [1.82, 2.24) is 0 Å². The third kappa shape index (κ3) is 4.05. The number of rotatable bonds is 6. The predicted molar refractivity (Wildman–Crippen MR) is 97.9 cm³/mol. The fourth-order valence-corrected chi connectivity index (χ4v) is 3.92. The third-order valence-corrected chi connectivity index (χ3v) is 5.73. The van der Waals surface area contributed by atoms with Gasteiger partial charge in [-0.15, -0.1) is 0 Å². The molecule has 0 amide bonds. The van der Waals surface area contributed by atoms with Crippen LogP contribution in [-0.4, -0.2) is 41.8 Å². The zero-order valence-electron chi connectivity index (χ0n) is 14.3. The van der Waals surface area contributed by atoms with Gasteiger partial charge >= 0.3 is 0 Å². The molecule has 1 aliphatic rings. The van der Waals surface area contributed by atoms with Gasteiger partial charge in [-0.2, -0.15) is 0 Å². The number of hydrogen-bond donors (Lipinski definition) is 1. The predicted octanol–water partition coefficient (Wildman–Crippen LogP) is 2.72. The zero-order valence-corrected chi connectivity index (χ0v) is 15.1. The molecule has 1 saturated heterocycles. The minimum Gasteiger partial charge on any atom is -0.497 e. The van der Waals surface area contributed by atoms with Crippen molar-refractivity contribution in [2.24, 2.45) is 0 Å². The van der Waals surface area contributed by atoms with Crippen LogP contribution in [0.15, 0.2) is 53.4 Å². The van der Waals surface area contributed by atoms with E-state index < -0.39 is 10.0 Å². The summed E-state index contributed by atoms with van der Waals surface area (Å²) in [5, 5.41) is 0. The molecular formula is C18H22N2O4S. The molecule has 1 heterocycles. The SMILES string of the molecule is COc1ccc(S(=O)(=O)Nc2ccc(N3CCC(OC)C3)cc2)cc1. The van der Waals surface area contributed by atoms with Crippen molar-refractivity contribution in [2.45, 2.75) is 17.4 Å². The van der Waals surface area contributed by atoms with Gasteiger partial charge in [0.1, 0.15) is 5.75 Å². The number of anilines is 2. The summed E-state index contributed by atoms with van der Waals surface area (Å²) in [5.74, 6) is 0.614. The molecule has 0 saturated carbocycles. The summed E-state index contributed by atoms with van der Waals surface area (Å²) in [6, 6.07) is 13.7. The van der Waals surface area contributed by atoms with E-state index in [9.17, 15) is 8.42 Å². The number of benzene rings is 2. The Morgan fingerprint density at radius 3 is 2.28 bits per heavy atom. The van der Waals surface area contributed by atoms with Gasteiger partial charge in [0.15, 0.2) is 0 Å². The molecule has 1 fully saturated rings. The van der Waals surface area contributed by atoms with E-state index in [0.29, 0.717) is 11.4 Å². The van der Waals surface area contributed by atoms with E-state index in [0.717, 1.165) is 25.2 Å². The zero-order chi connectivity index (χ0) is 17.9. The smallest absolute Gasteiger partial charge is 0.261 e. The summed E-state index contributed by atoms with van der Waals surface area (Å²) in [6.45, 7) is 1.79. The number of hydrogen-bond acceptors (Lipinski definition) is 5. The lowest BCUT2D eigenvalue weighted by Gasteiger charge is -2.19. The lowest BCUT2D eigenvalue weighted by atomic mass is 10.2. The van der Waals surface area contributed by atoms with Crippen LogP contribution in [0.1, 0.15) is 6.42 Å². The minimum atomic E-state index is -3.62. The fraction of sp³-hybridized carbons (Fsp3) is 0.333. The van der Waals surface area contributed by atoms with Crippen molar-refractivity contribution in [1.29, 1.82) is 0 Å². The van der Waals surface area contributed by atoms with E-state index >= 15 is 0 Å². The van der Waals surface area contributed by atoms with Crippen LogP contribution in [0.4, 0.5) is 11.4 Å². The van der Waals surface area contributed by atoms with E-state index in [-0.39, 0.29) is 11.0 Å². The van der Waals surface area contributed by atoms with Crippen LogP contribution in [0.5, 0.6) is 5.75 Å². The molecule has 0 spiro atoms. The molecule has 6 nitrogen and oxygen atoms in total. The first-order valence-corrected chi connectivity index (χ1v) is 9.55. The van der Waals surface area contributed by atoms with Crippen molar-refractivity contribution in [3.8, 4) is 5.75 Å². The van der Waals surface area contributed by atoms with E-state index in [1.165, 1.54) is 12.1 Å². The maximum atomic E-state index is 12.4. The van der Waals surface area contributed by atoms with Gasteiger partial charge < -0.3 is 14.4 Å². The number of sulfonamides is 1. The molecule has 0 aliphatic carbocycles. The second-order valence-corrected chi connectivity index (χ2v) is 7.60. The van der Waals surface area contributed by atoms with Crippen molar-refractivity contribution < 1.29 is 17.9 Å². The second kappa shape index (κ2) is 7.33. The van der Waals surface area contributed by atoms with Crippen LogP contribution in [-0.2, 0) is 14.8 Å². The largest absolute Gasteiger partial charge is 0.497 e. The molecule has 2 aromatic carbocycles. The first-order chi connectivity index (χ1) is 12.0. The molecular weight excluding hydrogens is 340 g/mol. The van der Waals surface area contributed by atoms with Gasteiger partial charge in [0.25, 0.3) is 10.0 Å². The number of ether oxygens (including phenoxy) is 2. The Balaban J connectivity index is 1.70. The summed E-state index contributed by atoms with van der Waals surface area (Å²) in [6.07, 6.45) is 1.26. The summed E-state index contributed by atoms with van der Waals surface area (Å²) < 4.78 is 37.9. The van der Waals surface area contributed by atoms with E-state index in [4.69, 9.17) is 9.47 Å². The highest BCUT2D eigenvalue weighted by Gasteiger charge is 2.22. The van der Waals surface area contributed by atoms with Crippen LogP contribution < -0.4 is 14.4 Å². The Bertz CT molecular complexity index is 804. The molecule has 1 N–H and O–H groups in total. The van der Waals surface area contributed by atoms with Gasteiger partial charge in [0, 0.05) is 31.6 Å². The van der Waals surface area contributed by atoms with E-state index in [1.807, 2.05) is 12.1 Å². The van der Waals surface area contributed by atoms with Crippen LogP contribution in [0.3, 0.4) is 0 Å². The van der Waals surface area contributed by atoms with Gasteiger partial charge in [-0.3, -0.25) is 4.72 Å². The van der Waals surface area contributed by atoms with Crippen LogP contribution in [0.25, 0.3) is 0 Å². The topological polar surface area (TPSA) is 67.9 Å². The number of nitrogens with one attached hydrogen (secondary N) is 1. The number of nitrogens with zero attached hydrogens (tertiary/aromatic N) is 1. The first-order valence-electron chi connectivity index (χ1n) is 8.06. The molecule has 134 valence electrons. The molecule has 2 aromatic rings. The Labute approximate surface area is 148 Å². The van der Waals surface area contributed by atoms with Gasteiger partial charge in [0.2, 0.25) is 0 Å². The monoisotopic (exact) mass is 362 g/mol. The first kappa shape index (κ1) is 17.6. The van der Waals surface area contributed by atoms with Gasteiger partial charge in [0.05, 0.1) is 18.1 Å². The maximum Gasteiger partial charge on any atom is 0.261 e. The Kier molecular flexibility index (Phi) is 5.15. The van der Waals surface area contributed by atoms with Crippen molar-refractivity contribution in [3.63, 3.8) is 0 Å².